The lowest BCUT2D eigenvalue weighted by Crippen LogP contribution is -2.36. The van der Waals surface area contributed by atoms with Gasteiger partial charge in [-0.3, -0.25) is 0 Å². The van der Waals surface area contributed by atoms with Crippen molar-refractivity contribution in [1.29, 1.82) is 0 Å². The number of fused-ring (bicyclic) bond motifs is 2. The molecule has 0 aromatic rings. The van der Waals surface area contributed by atoms with E-state index in [1.807, 2.05) is 0 Å². The van der Waals surface area contributed by atoms with E-state index in [4.69, 9.17) is 5.11 Å². The zero-order valence-corrected chi connectivity index (χ0v) is 4.80. The summed E-state index contributed by atoms with van der Waals surface area (Å²) in [6, 6.07) is 0.444. The van der Waals surface area contributed by atoms with Crippen LogP contribution in [-0.2, 0) is 0 Å². The highest BCUT2D eigenvalue weighted by atomic mass is 16.3. The van der Waals surface area contributed by atoms with Crippen molar-refractivity contribution < 1.29 is 5.11 Å². The molecule has 1 saturated carbocycles. The normalized spacial score (nSPS) is 52.9. The third-order valence-electron chi connectivity index (χ3n) is 2.30. The summed E-state index contributed by atoms with van der Waals surface area (Å²) in [5.41, 5.74) is 0. The van der Waals surface area contributed by atoms with E-state index in [1.165, 1.54) is 6.42 Å². The van der Waals surface area contributed by atoms with E-state index < -0.39 is 0 Å². The van der Waals surface area contributed by atoms with Gasteiger partial charge < -0.3 is 10.4 Å². The summed E-state index contributed by atoms with van der Waals surface area (Å²) < 4.78 is 0. The summed E-state index contributed by atoms with van der Waals surface area (Å²) in [5.74, 6) is 0.787. The van der Waals surface area contributed by atoms with E-state index in [0.717, 1.165) is 18.9 Å². The van der Waals surface area contributed by atoms with Crippen LogP contribution in [0.4, 0.5) is 0 Å². The van der Waals surface area contributed by atoms with Crippen LogP contribution >= 0.6 is 0 Å². The van der Waals surface area contributed by atoms with Gasteiger partial charge in [0.25, 0.3) is 0 Å². The summed E-state index contributed by atoms with van der Waals surface area (Å²) in [7, 11) is 0. The molecule has 1 heterocycles. The number of piperidine rings is 1. The molecule has 2 bridgehead atoms. The van der Waals surface area contributed by atoms with E-state index in [1.54, 1.807) is 0 Å². The van der Waals surface area contributed by atoms with Crippen LogP contribution < -0.4 is 5.32 Å². The molecule has 3 atom stereocenters. The average molecular weight is 113 g/mol. The van der Waals surface area contributed by atoms with Crippen LogP contribution in [0.1, 0.15) is 12.8 Å². The molecule has 2 nitrogen and oxygen atoms in total. The van der Waals surface area contributed by atoms with E-state index >= 15 is 0 Å². The van der Waals surface area contributed by atoms with Crippen LogP contribution in [0.25, 0.3) is 0 Å². The van der Waals surface area contributed by atoms with Crippen molar-refractivity contribution >= 4 is 0 Å². The van der Waals surface area contributed by atoms with E-state index in [-0.39, 0.29) is 6.10 Å². The first-order valence-electron chi connectivity index (χ1n) is 3.28. The highest BCUT2D eigenvalue weighted by molar-refractivity contribution is 4.95. The minimum atomic E-state index is -0.0336. The maximum Gasteiger partial charge on any atom is 0.0696 e. The highest BCUT2D eigenvalue weighted by Gasteiger charge is 2.37. The molecule has 0 radical (unpaired) electrons. The molecular weight excluding hydrogens is 102 g/mol. The monoisotopic (exact) mass is 113 g/mol. The van der Waals surface area contributed by atoms with Crippen molar-refractivity contribution in [2.75, 3.05) is 6.54 Å². The SMILES string of the molecule is O[C@@H]1C[C@H]2CN[C@@H]1C2. The third-order valence-corrected chi connectivity index (χ3v) is 2.30. The van der Waals surface area contributed by atoms with Crippen LogP contribution in [0.15, 0.2) is 0 Å². The zero-order chi connectivity index (χ0) is 5.56. The summed E-state index contributed by atoms with van der Waals surface area (Å²) in [6.45, 7) is 1.14. The van der Waals surface area contributed by atoms with Crippen LogP contribution in [0.2, 0.25) is 0 Å². The molecule has 46 valence electrons. The van der Waals surface area contributed by atoms with Crippen LogP contribution in [0.5, 0.6) is 0 Å². The molecule has 0 aromatic carbocycles. The third kappa shape index (κ3) is 0.501. The average Bonchev–Trinajstić information content (AvgIpc) is 2.23. The van der Waals surface area contributed by atoms with Gasteiger partial charge in [-0.25, -0.2) is 0 Å². The Hall–Kier alpha value is -0.0800. The first-order valence-corrected chi connectivity index (χ1v) is 3.28. The van der Waals surface area contributed by atoms with Gasteiger partial charge in [0.2, 0.25) is 0 Å². The molecule has 2 rings (SSSR count). The predicted octanol–water partition coefficient (Wildman–Crippen LogP) is -0.271. The fourth-order valence-corrected chi connectivity index (χ4v) is 1.82. The molecule has 8 heavy (non-hydrogen) atoms. The standard InChI is InChI=1S/C6H11NO/c8-6-2-4-1-5(6)7-3-4/h4-8H,1-3H2/t4-,5+,6+/m0/s1. The Morgan fingerprint density at radius 1 is 1.38 bits per heavy atom. The first kappa shape index (κ1) is 4.77. The van der Waals surface area contributed by atoms with Crippen LogP contribution in [0, 0.1) is 5.92 Å². The van der Waals surface area contributed by atoms with Gasteiger partial charge in [-0.05, 0) is 25.3 Å². The Kier molecular flexibility index (Phi) is 0.866. The van der Waals surface area contributed by atoms with Crippen molar-refractivity contribution in [1.82, 2.24) is 5.32 Å². The molecule has 0 aromatic heterocycles. The molecule has 0 amide bonds. The van der Waals surface area contributed by atoms with Crippen molar-refractivity contribution in [2.24, 2.45) is 5.92 Å². The second kappa shape index (κ2) is 1.45. The van der Waals surface area contributed by atoms with Gasteiger partial charge >= 0.3 is 0 Å². The maximum absolute atomic E-state index is 9.16. The Bertz CT molecular complexity index is 103. The molecule has 2 heteroatoms. The van der Waals surface area contributed by atoms with Gasteiger partial charge in [0.15, 0.2) is 0 Å². The highest BCUT2D eigenvalue weighted by Crippen LogP contribution is 2.30. The summed E-state index contributed by atoms with van der Waals surface area (Å²) in [5, 5.41) is 12.4. The Morgan fingerprint density at radius 2 is 2.25 bits per heavy atom. The Labute approximate surface area is 48.9 Å². The van der Waals surface area contributed by atoms with Gasteiger partial charge in [-0.2, -0.15) is 0 Å². The van der Waals surface area contributed by atoms with Gasteiger partial charge in [0, 0.05) is 6.04 Å². The second-order valence-corrected chi connectivity index (χ2v) is 2.92. The zero-order valence-electron chi connectivity index (χ0n) is 4.80. The van der Waals surface area contributed by atoms with E-state index in [0.29, 0.717) is 6.04 Å². The number of rotatable bonds is 0. The van der Waals surface area contributed by atoms with E-state index in [2.05, 4.69) is 5.32 Å². The second-order valence-electron chi connectivity index (χ2n) is 2.92. The number of aliphatic hydroxyl groups is 1. The lowest BCUT2D eigenvalue weighted by molar-refractivity contribution is 0.134. The van der Waals surface area contributed by atoms with Gasteiger partial charge in [-0.1, -0.05) is 0 Å². The molecule has 2 N–H and O–H groups in total. The van der Waals surface area contributed by atoms with Crippen molar-refractivity contribution in [3.63, 3.8) is 0 Å². The fraction of sp³-hybridized carbons (Fsp3) is 1.00. The number of nitrogens with one attached hydrogen (secondary N) is 1. The van der Waals surface area contributed by atoms with Gasteiger partial charge in [0.05, 0.1) is 6.10 Å². The smallest absolute Gasteiger partial charge is 0.0696 e. The lowest BCUT2D eigenvalue weighted by atomic mass is 10.1. The van der Waals surface area contributed by atoms with Crippen molar-refractivity contribution in [3.05, 3.63) is 0 Å². The molecular formula is C6H11NO. The van der Waals surface area contributed by atoms with E-state index in [9.17, 15) is 0 Å². The summed E-state index contributed by atoms with van der Waals surface area (Å²) in [4.78, 5) is 0. The molecule has 1 saturated heterocycles. The van der Waals surface area contributed by atoms with Gasteiger partial charge in [-0.15, -0.1) is 0 Å². The van der Waals surface area contributed by atoms with Crippen molar-refractivity contribution in [2.45, 2.75) is 25.0 Å². The van der Waals surface area contributed by atoms with Crippen LogP contribution in [-0.4, -0.2) is 23.8 Å². The quantitative estimate of drug-likeness (QED) is 0.453. The summed E-state index contributed by atoms with van der Waals surface area (Å²) in [6.07, 6.45) is 2.22. The largest absolute Gasteiger partial charge is 0.391 e. The summed E-state index contributed by atoms with van der Waals surface area (Å²) >= 11 is 0. The Morgan fingerprint density at radius 3 is 2.50 bits per heavy atom. The van der Waals surface area contributed by atoms with Crippen LogP contribution in [0.3, 0.4) is 0 Å². The molecule has 0 spiro atoms. The molecule has 2 aliphatic rings. The Balaban J connectivity index is 2.11. The minimum Gasteiger partial charge on any atom is -0.391 e. The molecule has 1 aliphatic heterocycles. The first-order chi connectivity index (χ1) is 3.86. The number of hydrogen-bond acceptors (Lipinski definition) is 2. The minimum absolute atomic E-state index is 0.0336. The number of aliphatic hydroxyl groups excluding tert-OH is 1. The molecule has 0 unspecified atom stereocenters. The fourth-order valence-electron chi connectivity index (χ4n) is 1.82. The lowest BCUT2D eigenvalue weighted by Gasteiger charge is -2.16. The van der Waals surface area contributed by atoms with Crippen molar-refractivity contribution in [3.8, 4) is 0 Å². The topological polar surface area (TPSA) is 32.3 Å². The predicted molar refractivity (Wildman–Crippen MR) is 30.5 cm³/mol. The molecule has 2 fully saturated rings. The maximum atomic E-state index is 9.16. The van der Waals surface area contributed by atoms with Gasteiger partial charge in [0.1, 0.15) is 0 Å². The number of hydrogen-bond donors (Lipinski definition) is 2. The molecule has 1 aliphatic carbocycles.